The number of hydrogen-bond acceptors (Lipinski definition) is 8. The van der Waals surface area contributed by atoms with Crippen LogP contribution in [0.4, 0.5) is 0 Å². The van der Waals surface area contributed by atoms with Gasteiger partial charge in [0.2, 0.25) is 0 Å². The molecule has 8 heteroatoms. The van der Waals surface area contributed by atoms with Crippen molar-refractivity contribution in [3.8, 4) is 6.07 Å². The molecule has 0 amide bonds. The minimum Gasteiger partial charge on any atom is -0.394 e. The minimum atomic E-state index is -1.71. The second kappa shape index (κ2) is 8.46. The first-order valence-corrected chi connectivity index (χ1v) is 5.25. The Kier molecular flexibility index (Phi) is 8.10. The molecule has 0 fully saturated rings. The number of rotatable bonds is 8. The van der Waals surface area contributed by atoms with Crippen LogP contribution in [-0.2, 0) is 8.98 Å². The summed E-state index contributed by atoms with van der Waals surface area (Å²) in [5.41, 5.74) is 0. The summed E-state index contributed by atoms with van der Waals surface area (Å²) >= 11 is 0.643. The van der Waals surface area contributed by atoms with Gasteiger partial charge in [-0.15, -0.1) is 0 Å². The van der Waals surface area contributed by atoms with Crippen molar-refractivity contribution in [3.05, 3.63) is 0 Å². The Balaban J connectivity index is 4.24. The SMILES string of the molecule is N#CCSO[C@H](C=O)[C@@H](O)[C@H](O)[C@H](O)CO. The third kappa shape index (κ3) is 4.89. The fourth-order valence-electron chi connectivity index (χ4n) is 0.829. The second-order valence-corrected chi connectivity index (χ2v) is 3.57. The van der Waals surface area contributed by atoms with Gasteiger partial charge in [-0.25, -0.2) is 0 Å². The Labute approximate surface area is 96.5 Å². The number of carbonyl (C=O) groups excluding carboxylic acids is 1. The van der Waals surface area contributed by atoms with Gasteiger partial charge in [0.25, 0.3) is 0 Å². The normalized spacial score (nSPS) is 18.2. The van der Waals surface area contributed by atoms with Crippen molar-refractivity contribution in [3.63, 3.8) is 0 Å². The Morgan fingerprint density at radius 2 is 2.00 bits per heavy atom. The maximum absolute atomic E-state index is 10.5. The molecule has 0 aliphatic rings. The molecule has 4 atom stereocenters. The number of aldehydes is 1. The summed E-state index contributed by atoms with van der Waals surface area (Å²) in [5.74, 6) is -0.0459. The van der Waals surface area contributed by atoms with Crippen molar-refractivity contribution < 1.29 is 29.4 Å². The molecular formula is C8H13NO6S. The number of nitriles is 1. The summed E-state index contributed by atoms with van der Waals surface area (Å²) in [7, 11) is 0. The van der Waals surface area contributed by atoms with E-state index < -0.39 is 31.0 Å². The van der Waals surface area contributed by atoms with Crippen LogP contribution in [0.15, 0.2) is 0 Å². The maximum Gasteiger partial charge on any atom is 0.156 e. The molecule has 0 rings (SSSR count). The van der Waals surface area contributed by atoms with E-state index in [2.05, 4.69) is 0 Å². The molecular weight excluding hydrogens is 238 g/mol. The first kappa shape index (κ1) is 15.3. The zero-order chi connectivity index (χ0) is 12.6. The summed E-state index contributed by atoms with van der Waals surface area (Å²) in [4.78, 5) is 10.5. The Bertz CT molecular complexity index is 245. The molecule has 0 heterocycles. The van der Waals surface area contributed by atoms with Crippen LogP contribution in [0.3, 0.4) is 0 Å². The molecule has 0 aliphatic carbocycles. The third-order valence-electron chi connectivity index (χ3n) is 1.70. The molecule has 0 bridgehead atoms. The highest BCUT2D eigenvalue weighted by molar-refractivity contribution is 7.94. The summed E-state index contributed by atoms with van der Waals surface area (Å²) in [5, 5.41) is 44.4. The molecule has 0 aliphatic heterocycles. The number of carbonyl (C=O) groups is 1. The first-order valence-electron chi connectivity index (χ1n) is 4.34. The van der Waals surface area contributed by atoms with Gasteiger partial charge in [0, 0.05) is 12.0 Å². The van der Waals surface area contributed by atoms with Crippen LogP contribution in [0.2, 0.25) is 0 Å². The average molecular weight is 251 g/mol. The molecule has 4 N–H and O–H groups in total. The quantitative estimate of drug-likeness (QED) is 0.217. The monoisotopic (exact) mass is 251 g/mol. The van der Waals surface area contributed by atoms with Crippen molar-refractivity contribution in [2.24, 2.45) is 0 Å². The Morgan fingerprint density at radius 1 is 1.38 bits per heavy atom. The van der Waals surface area contributed by atoms with Crippen LogP contribution in [-0.4, -0.2) is 63.5 Å². The van der Waals surface area contributed by atoms with Crippen molar-refractivity contribution in [1.29, 1.82) is 5.26 Å². The fourth-order valence-corrected chi connectivity index (χ4v) is 1.27. The molecule has 0 radical (unpaired) electrons. The molecule has 0 aromatic carbocycles. The van der Waals surface area contributed by atoms with Crippen LogP contribution in [0, 0.1) is 11.3 Å². The van der Waals surface area contributed by atoms with Gasteiger partial charge in [-0.1, -0.05) is 0 Å². The standard InChI is InChI=1S/C8H13NO6S/c9-1-2-16-15-6(4-11)8(14)7(13)5(12)3-10/h4-8,10,12-14H,2-3H2/t5-,6-,7-,8-/m1/s1. The fraction of sp³-hybridized carbons (Fsp3) is 0.750. The van der Waals surface area contributed by atoms with Gasteiger partial charge in [-0.3, -0.25) is 0 Å². The van der Waals surface area contributed by atoms with E-state index in [0.717, 1.165) is 0 Å². The lowest BCUT2D eigenvalue weighted by Crippen LogP contribution is -2.46. The van der Waals surface area contributed by atoms with Crippen molar-refractivity contribution in [2.75, 3.05) is 12.4 Å². The number of aliphatic hydroxyl groups is 4. The topological polar surface area (TPSA) is 131 Å². The van der Waals surface area contributed by atoms with E-state index >= 15 is 0 Å². The van der Waals surface area contributed by atoms with E-state index in [1.807, 2.05) is 0 Å². The zero-order valence-corrected chi connectivity index (χ0v) is 9.08. The highest BCUT2D eigenvalue weighted by Crippen LogP contribution is 2.12. The summed E-state index contributed by atoms with van der Waals surface area (Å²) in [6.07, 6.45) is -6.09. The van der Waals surface area contributed by atoms with Gasteiger partial charge in [0.1, 0.15) is 24.1 Å². The first-order chi connectivity index (χ1) is 7.58. The molecule has 0 aromatic rings. The average Bonchev–Trinajstić information content (AvgIpc) is 2.32. The maximum atomic E-state index is 10.5. The Morgan fingerprint density at radius 3 is 2.44 bits per heavy atom. The van der Waals surface area contributed by atoms with Crippen molar-refractivity contribution in [1.82, 2.24) is 0 Å². The second-order valence-electron chi connectivity index (χ2n) is 2.85. The zero-order valence-electron chi connectivity index (χ0n) is 8.26. The van der Waals surface area contributed by atoms with Crippen LogP contribution in [0.5, 0.6) is 0 Å². The molecule has 92 valence electrons. The lowest BCUT2D eigenvalue weighted by atomic mass is 10.0. The van der Waals surface area contributed by atoms with E-state index in [9.17, 15) is 15.0 Å². The van der Waals surface area contributed by atoms with Crippen molar-refractivity contribution >= 4 is 18.3 Å². The summed E-state index contributed by atoms with van der Waals surface area (Å²) < 4.78 is 4.73. The van der Waals surface area contributed by atoms with E-state index in [1.165, 1.54) is 0 Å². The number of aliphatic hydroxyl groups excluding tert-OH is 4. The highest BCUT2D eigenvalue weighted by atomic mass is 32.2. The third-order valence-corrected chi connectivity index (χ3v) is 2.31. The summed E-state index contributed by atoms with van der Waals surface area (Å²) in [6.45, 7) is -0.755. The lowest BCUT2D eigenvalue weighted by Gasteiger charge is -2.24. The van der Waals surface area contributed by atoms with Crippen LogP contribution >= 0.6 is 12.0 Å². The molecule has 0 saturated heterocycles. The van der Waals surface area contributed by atoms with Gasteiger partial charge in [0.15, 0.2) is 12.4 Å². The van der Waals surface area contributed by atoms with Gasteiger partial charge in [0.05, 0.1) is 12.7 Å². The van der Waals surface area contributed by atoms with Gasteiger partial charge in [-0.2, -0.15) is 5.26 Å². The number of hydrogen-bond donors (Lipinski definition) is 4. The highest BCUT2D eigenvalue weighted by Gasteiger charge is 2.31. The molecule has 0 unspecified atom stereocenters. The summed E-state index contributed by atoms with van der Waals surface area (Å²) in [6, 6.07) is 1.74. The van der Waals surface area contributed by atoms with E-state index in [0.29, 0.717) is 12.0 Å². The minimum absolute atomic E-state index is 0.0459. The molecule has 0 spiro atoms. The van der Waals surface area contributed by atoms with Crippen LogP contribution in [0.1, 0.15) is 0 Å². The molecule has 0 aromatic heterocycles. The molecule has 0 saturated carbocycles. The molecule has 16 heavy (non-hydrogen) atoms. The van der Waals surface area contributed by atoms with Gasteiger partial charge < -0.3 is 29.4 Å². The predicted molar refractivity (Wildman–Crippen MR) is 54.1 cm³/mol. The van der Waals surface area contributed by atoms with Gasteiger partial charge >= 0.3 is 0 Å². The van der Waals surface area contributed by atoms with Crippen molar-refractivity contribution in [2.45, 2.75) is 24.4 Å². The van der Waals surface area contributed by atoms with Gasteiger partial charge in [-0.05, 0) is 0 Å². The van der Waals surface area contributed by atoms with E-state index in [4.69, 9.17) is 19.7 Å². The van der Waals surface area contributed by atoms with E-state index in [-0.39, 0.29) is 12.0 Å². The predicted octanol–water partition coefficient (Wildman–Crippen LogP) is -2.18. The molecule has 7 nitrogen and oxygen atoms in total. The number of nitrogens with zero attached hydrogens (tertiary/aromatic N) is 1. The Hall–Kier alpha value is -0.690. The van der Waals surface area contributed by atoms with Crippen LogP contribution in [0.25, 0.3) is 0 Å². The lowest BCUT2D eigenvalue weighted by molar-refractivity contribution is -0.131. The largest absolute Gasteiger partial charge is 0.394 e. The van der Waals surface area contributed by atoms with Crippen LogP contribution < -0.4 is 0 Å². The van der Waals surface area contributed by atoms with E-state index in [1.54, 1.807) is 6.07 Å². The smallest absolute Gasteiger partial charge is 0.156 e.